The Bertz CT molecular complexity index is 298. The van der Waals surface area contributed by atoms with E-state index < -0.39 is 36.3 Å². The number of hydrogen-bond donors (Lipinski definition) is 1. The molecule has 0 heterocycles. The summed E-state index contributed by atoms with van der Waals surface area (Å²) in [7, 11) is 0. The van der Waals surface area contributed by atoms with Gasteiger partial charge < -0.3 is 15.2 Å². The van der Waals surface area contributed by atoms with E-state index in [9.17, 15) is 19.2 Å². The molecule has 0 saturated carbocycles. The summed E-state index contributed by atoms with van der Waals surface area (Å²) < 4.78 is 8.25. The molecule has 15 heavy (non-hydrogen) atoms. The van der Waals surface area contributed by atoms with Crippen LogP contribution in [0.15, 0.2) is 0 Å². The van der Waals surface area contributed by atoms with E-state index in [1.165, 1.54) is 0 Å². The zero-order valence-corrected chi connectivity index (χ0v) is 8.31. The zero-order valence-electron chi connectivity index (χ0n) is 8.31. The molecule has 2 N–H and O–H groups in total. The van der Waals surface area contributed by atoms with E-state index in [4.69, 9.17) is 5.73 Å². The lowest BCUT2D eigenvalue weighted by molar-refractivity contribution is -0.164. The Balaban J connectivity index is 4.07. The van der Waals surface area contributed by atoms with E-state index in [0.29, 0.717) is 0 Å². The third-order valence-electron chi connectivity index (χ3n) is 1.19. The van der Waals surface area contributed by atoms with Gasteiger partial charge in [-0.05, 0) is 0 Å². The normalized spacial score (nSPS) is 11.4. The molecule has 0 aromatic rings. The number of esters is 4. The van der Waals surface area contributed by atoms with Gasteiger partial charge in [0.1, 0.15) is 6.04 Å². The Morgan fingerprint density at radius 3 is 1.93 bits per heavy atom. The standard InChI is InChI=1S/C8H11NO6/c1-4(10)14-7(12)3-6(9)8(13)15-5(2)11/h6H,3,9H2,1-2H3. The highest BCUT2D eigenvalue weighted by molar-refractivity contribution is 5.91. The molecule has 0 saturated heterocycles. The van der Waals surface area contributed by atoms with Crippen LogP contribution in [0.1, 0.15) is 20.3 Å². The van der Waals surface area contributed by atoms with E-state index in [1.807, 2.05) is 0 Å². The fourth-order valence-corrected chi connectivity index (χ4v) is 0.682. The molecule has 7 nitrogen and oxygen atoms in total. The zero-order chi connectivity index (χ0) is 12.0. The van der Waals surface area contributed by atoms with Gasteiger partial charge in [-0.2, -0.15) is 0 Å². The Morgan fingerprint density at radius 2 is 1.53 bits per heavy atom. The Kier molecular flexibility index (Phi) is 5.18. The van der Waals surface area contributed by atoms with Crippen LogP contribution >= 0.6 is 0 Å². The lowest BCUT2D eigenvalue weighted by atomic mass is 10.2. The number of carbonyl (C=O) groups is 4. The minimum Gasteiger partial charge on any atom is -0.393 e. The first-order valence-electron chi connectivity index (χ1n) is 4.02. The summed E-state index contributed by atoms with van der Waals surface area (Å²) in [6.07, 6.45) is -0.522. The predicted octanol–water partition coefficient (Wildman–Crippen LogP) is -1.12. The van der Waals surface area contributed by atoms with Crippen LogP contribution in [0, 0.1) is 0 Å². The maximum absolute atomic E-state index is 10.9. The van der Waals surface area contributed by atoms with E-state index in [0.717, 1.165) is 13.8 Å². The van der Waals surface area contributed by atoms with E-state index in [1.54, 1.807) is 0 Å². The SMILES string of the molecule is CC(=O)OC(=O)CC(N)C(=O)OC(C)=O. The van der Waals surface area contributed by atoms with Gasteiger partial charge >= 0.3 is 23.9 Å². The van der Waals surface area contributed by atoms with Crippen molar-refractivity contribution in [2.45, 2.75) is 26.3 Å². The Hall–Kier alpha value is -1.76. The van der Waals surface area contributed by atoms with Crippen molar-refractivity contribution in [1.29, 1.82) is 0 Å². The lowest BCUT2D eigenvalue weighted by Crippen LogP contribution is -2.36. The third kappa shape index (κ3) is 6.33. The molecule has 0 aliphatic rings. The second kappa shape index (κ2) is 5.86. The van der Waals surface area contributed by atoms with Gasteiger partial charge in [-0.1, -0.05) is 0 Å². The van der Waals surface area contributed by atoms with Gasteiger partial charge in [0.15, 0.2) is 0 Å². The highest BCUT2D eigenvalue weighted by Crippen LogP contribution is 1.96. The smallest absolute Gasteiger partial charge is 0.331 e. The minimum absolute atomic E-state index is 0.522. The van der Waals surface area contributed by atoms with Crippen LogP contribution in [0.25, 0.3) is 0 Å². The van der Waals surface area contributed by atoms with E-state index >= 15 is 0 Å². The van der Waals surface area contributed by atoms with Crippen LogP contribution in [-0.4, -0.2) is 29.9 Å². The second-order valence-electron chi connectivity index (χ2n) is 2.69. The van der Waals surface area contributed by atoms with Crippen molar-refractivity contribution in [3.8, 4) is 0 Å². The summed E-state index contributed by atoms with van der Waals surface area (Å²) in [5.74, 6) is -3.61. The van der Waals surface area contributed by atoms with Crippen LogP contribution in [0.2, 0.25) is 0 Å². The van der Waals surface area contributed by atoms with Crippen molar-refractivity contribution >= 4 is 23.9 Å². The van der Waals surface area contributed by atoms with Crippen molar-refractivity contribution < 1.29 is 28.7 Å². The molecule has 84 valence electrons. The van der Waals surface area contributed by atoms with Crippen molar-refractivity contribution in [3.63, 3.8) is 0 Å². The molecule has 0 aromatic carbocycles. The molecule has 0 aromatic heterocycles. The summed E-state index contributed by atoms with van der Waals surface area (Å²) in [5.41, 5.74) is 5.20. The van der Waals surface area contributed by atoms with Gasteiger partial charge in [-0.3, -0.25) is 14.4 Å². The average molecular weight is 217 g/mol. The number of ether oxygens (including phenoxy) is 2. The molecule has 1 atom stereocenters. The molecule has 0 aliphatic carbocycles. The number of hydrogen-bond acceptors (Lipinski definition) is 7. The summed E-state index contributed by atoms with van der Waals surface area (Å²) in [4.78, 5) is 42.4. The monoisotopic (exact) mass is 217 g/mol. The third-order valence-corrected chi connectivity index (χ3v) is 1.19. The second-order valence-corrected chi connectivity index (χ2v) is 2.69. The van der Waals surface area contributed by atoms with Crippen molar-refractivity contribution in [2.24, 2.45) is 5.73 Å². The van der Waals surface area contributed by atoms with Gasteiger partial charge in [-0.15, -0.1) is 0 Å². The maximum atomic E-state index is 10.9. The molecular formula is C8H11NO6. The van der Waals surface area contributed by atoms with Gasteiger partial charge in [0, 0.05) is 13.8 Å². The highest BCUT2D eigenvalue weighted by Gasteiger charge is 2.21. The van der Waals surface area contributed by atoms with Crippen LogP contribution in [0.5, 0.6) is 0 Å². The van der Waals surface area contributed by atoms with Crippen molar-refractivity contribution in [1.82, 2.24) is 0 Å². The molecular weight excluding hydrogens is 206 g/mol. The first kappa shape index (κ1) is 13.2. The molecule has 0 radical (unpaired) electrons. The summed E-state index contributed by atoms with van der Waals surface area (Å²) in [6.45, 7) is 2.07. The lowest BCUT2D eigenvalue weighted by Gasteiger charge is -2.07. The summed E-state index contributed by atoms with van der Waals surface area (Å²) in [5, 5.41) is 0. The average Bonchev–Trinajstić information content (AvgIpc) is 2.00. The molecule has 7 heteroatoms. The van der Waals surface area contributed by atoms with Gasteiger partial charge in [0.2, 0.25) is 0 Å². The molecule has 0 fully saturated rings. The van der Waals surface area contributed by atoms with Crippen molar-refractivity contribution in [3.05, 3.63) is 0 Å². The Morgan fingerprint density at radius 1 is 1.07 bits per heavy atom. The fourth-order valence-electron chi connectivity index (χ4n) is 0.682. The summed E-state index contributed by atoms with van der Waals surface area (Å²) in [6, 6.07) is -1.32. The first-order valence-corrected chi connectivity index (χ1v) is 4.02. The predicted molar refractivity (Wildman–Crippen MR) is 46.1 cm³/mol. The van der Waals surface area contributed by atoms with Gasteiger partial charge in [0.05, 0.1) is 6.42 Å². The summed E-state index contributed by atoms with van der Waals surface area (Å²) >= 11 is 0. The Labute approximate surface area is 85.5 Å². The largest absolute Gasteiger partial charge is 0.393 e. The molecule has 0 rings (SSSR count). The van der Waals surface area contributed by atoms with Crippen molar-refractivity contribution in [2.75, 3.05) is 0 Å². The van der Waals surface area contributed by atoms with E-state index in [-0.39, 0.29) is 0 Å². The minimum atomic E-state index is -1.32. The topological polar surface area (TPSA) is 113 Å². The van der Waals surface area contributed by atoms with Crippen LogP contribution in [0.3, 0.4) is 0 Å². The highest BCUT2D eigenvalue weighted by atomic mass is 16.6. The van der Waals surface area contributed by atoms with Crippen LogP contribution in [0.4, 0.5) is 0 Å². The van der Waals surface area contributed by atoms with E-state index in [2.05, 4.69) is 9.47 Å². The van der Waals surface area contributed by atoms with Crippen LogP contribution < -0.4 is 5.73 Å². The molecule has 0 aliphatic heterocycles. The number of rotatable bonds is 3. The van der Waals surface area contributed by atoms with Crippen LogP contribution in [-0.2, 0) is 28.7 Å². The molecule has 0 amide bonds. The first-order chi connectivity index (χ1) is 6.82. The fraction of sp³-hybridized carbons (Fsp3) is 0.500. The molecule has 0 spiro atoms. The molecule has 0 bridgehead atoms. The molecule has 1 unspecified atom stereocenters. The van der Waals surface area contributed by atoms with Gasteiger partial charge in [-0.25, -0.2) is 4.79 Å². The van der Waals surface area contributed by atoms with Gasteiger partial charge in [0.25, 0.3) is 0 Å². The quantitative estimate of drug-likeness (QED) is 0.470. The number of nitrogens with two attached hydrogens (primary N) is 1. The number of carbonyl (C=O) groups excluding carboxylic acids is 4. The maximum Gasteiger partial charge on any atom is 0.331 e.